The van der Waals surface area contributed by atoms with Crippen LogP contribution in [0, 0.1) is 12.3 Å². The van der Waals surface area contributed by atoms with Crippen LogP contribution in [0.4, 0.5) is 5.82 Å². The summed E-state index contributed by atoms with van der Waals surface area (Å²) in [5.74, 6) is 1.53. The molecule has 116 valence electrons. The Morgan fingerprint density at radius 3 is 2.62 bits per heavy atom. The molecule has 0 bridgehead atoms. The Bertz CT molecular complexity index is 509. The Labute approximate surface area is 125 Å². The van der Waals surface area contributed by atoms with Crippen LogP contribution in [0.25, 0.3) is 0 Å². The molecule has 7 nitrogen and oxygen atoms in total. The molecule has 1 aliphatic heterocycles. The van der Waals surface area contributed by atoms with Gasteiger partial charge in [-0.05, 0) is 20.8 Å². The summed E-state index contributed by atoms with van der Waals surface area (Å²) in [6.07, 6.45) is 0.369. The highest BCUT2D eigenvalue weighted by atomic mass is 15.3. The van der Waals surface area contributed by atoms with Gasteiger partial charge in [0, 0.05) is 44.0 Å². The Hall–Kier alpha value is -1.89. The van der Waals surface area contributed by atoms with Crippen LogP contribution in [-0.4, -0.2) is 63.9 Å². The second-order valence-electron chi connectivity index (χ2n) is 5.75. The minimum atomic E-state index is 0.369. The van der Waals surface area contributed by atoms with Gasteiger partial charge in [-0.15, -0.1) is 0 Å². The zero-order valence-corrected chi connectivity index (χ0v) is 13.1. The molecule has 0 amide bonds. The maximum absolute atomic E-state index is 8.18. The highest BCUT2D eigenvalue weighted by molar-refractivity contribution is 6.01. The molecule has 1 saturated heterocycles. The van der Waals surface area contributed by atoms with Gasteiger partial charge < -0.3 is 10.6 Å². The van der Waals surface area contributed by atoms with Crippen molar-refractivity contribution in [2.75, 3.05) is 26.2 Å². The van der Waals surface area contributed by atoms with E-state index in [1.54, 1.807) is 0 Å². The second-order valence-corrected chi connectivity index (χ2v) is 5.75. The van der Waals surface area contributed by atoms with E-state index in [1.807, 2.05) is 13.0 Å². The SMILES string of the molecule is Cc1cc(N=C(N)CC(=N)N2CCN(C(C)C)CC2)n[nH]1. The van der Waals surface area contributed by atoms with E-state index in [0.29, 0.717) is 30.0 Å². The van der Waals surface area contributed by atoms with Crippen LogP contribution >= 0.6 is 0 Å². The quantitative estimate of drug-likeness (QED) is 0.571. The molecule has 4 N–H and O–H groups in total. The predicted octanol–water partition coefficient (Wildman–Crippen LogP) is 1.10. The number of hydrogen-bond donors (Lipinski definition) is 3. The fourth-order valence-electron chi connectivity index (χ4n) is 2.44. The van der Waals surface area contributed by atoms with Gasteiger partial charge in [-0.2, -0.15) is 5.10 Å². The minimum Gasteiger partial charge on any atom is -0.387 e. The van der Waals surface area contributed by atoms with Crippen LogP contribution in [0.3, 0.4) is 0 Å². The van der Waals surface area contributed by atoms with Gasteiger partial charge in [0.05, 0.1) is 6.42 Å². The van der Waals surface area contributed by atoms with E-state index < -0.39 is 0 Å². The monoisotopic (exact) mass is 291 g/mol. The number of amidine groups is 2. The van der Waals surface area contributed by atoms with Crippen LogP contribution in [0.15, 0.2) is 11.1 Å². The number of aryl methyl sites for hydroxylation is 1. The lowest BCUT2D eigenvalue weighted by Gasteiger charge is -2.38. The Balaban J connectivity index is 1.86. The maximum Gasteiger partial charge on any atom is 0.175 e. The van der Waals surface area contributed by atoms with E-state index in [1.165, 1.54) is 0 Å². The topological polar surface area (TPSA) is 97.4 Å². The van der Waals surface area contributed by atoms with Gasteiger partial charge in [0.25, 0.3) is 0 Å². The van der Waals surface area contributed by atoms with Crippen LogP contribution in [0.1, 0.15) is 26.0 Å². The number of aromatic amines is 1. The molecule has 0 aliphatic carbocycles. The van der Waals surface area contributed by atoms with E-state index in [4.69, 9.17) is 11.1 Å². The number of hydrogen-bond acceptors (Lipinski definition) is 4. The van der Waals surface area contributed by atoms with Crippen molar-refractivity contribution in [3.05, 3.63) is 11.8 Å². The summed E-state index contributed by atoms with van der Waals surface area (Å²) in [5.41, 5.74) is 6.86. The molecule has 0 unspecified atom stereocenters. The van der Waals surface area contributed by atoms with E-state index >= 15 is 0 Å². The normalized spacial score (nSPS) is 17.5. The average molecular weight is 291 g/mol. The van der Waals surface area contributed by atoms with E-state index in [2.05, 4.69) is 38.8 Å². The maximum atomic E-state index is 8.18. The number of nitrogens with zero attached hydrogens (tertiary/aromatic N) is 4. The number of aromatic nitrogens is 2. The van der Waals surface area contributed by atoms with E-state index in [-0.39, 0.29) is 0 Å². The lowest BCUT2D eigenvalue weighted by atomic mass is 10.2. The first-order valence-electron chi connectivity index (χ1n) is 7.37. The van der Waals surface area contributed by atoms with Crippen LogP contribution in [0.5, 0.6) is 0 Å². The third kappa shape index (κ3) is 4.29. The molecule has 1 fully saturated rings. The van der Waals surface area contributed by atoms with Crippen molar-refractivity contribution in [3.63, 3.8) is 0 Å². The van der Waals surface area contributed by atoms with Crippen molar-refractivity contribution in [2.45, 2.75) is 33.2 Å². The molecule has 0 atom stereocenters. The number of rotatable bonds is 4. The first-order chi connectivity index (χ1) is 9.95. The lowest BCUT2D eigenvalue weighted by Crippen LogP contribution is -2.51. The molecule has 0 saturated carbocycles. The standard InChI is InChI=1S/C14H25N7/c1-10(2)20-4-6-21(7-5-20)13(16)9-12(15)17-14-8-11(3)18-19-14/h8,10,16H,4-7,9H2,1-3H3,(H3,15,17,18,19). The third-order valence-electron chi connectivity index (χ3n) is 3.73. The van der Waals surface area contributed by atoms with Gasteiger partial charge in [-0.1, -0.05) is 0 Å². The molecule has 0 spiro atoms. The fraction of sp³-hybridized carbons (Fsp3) is 0.643. The summed E-state index contributed by atoms with van der Waals surface area (Å²) < 4.78 is 0. The molecule has 1 aromatic heterocycles. The Morgan fingerprint density at radius 1 is 1.43 bits per heavy atom. The number of aliphatic imine (C=N–C) groups is 1. The zero-order chi connectivity index (χ0) is 15.4. The van der Waals surface area contributed by atoms with Gasteiger partial charge in [-0.25, -0.2) is 4.99 Å². The first-order valence-corrected chi connectivity index (χ1v) is 7.37. The molecule has 0 aromatic carbocycles. The fourth-order valence-corrected chi connectivity index (χ4v) is 2.44. The predicted molar refractivity (Wildman–Crippen MR) is 85.2 cm³/mol. The molecule has 7 heteroatoms. The van der Waals surface area contributed by atoms with Gasteiger partial charge >= 0.3 is 0 Å². The largest absolute Gasteiger partial charge is 0.387 e. The molecule has 1 aliphatic rings. The Morgan fingerprint density at radius 2 is 2.10 bits per heavy atom. The average Bonchev–Trinajstić information content (AvgIpc) is 2.83. The molecule has 21 heavy (non-hydrogen) atoms. The molecular formula is C14H25N7. The van der Waals surface area contributed by atoms with Crippen molar-refractivity contribution in [1.29, 1.82) is 5.41 Å². The van der Waals surface area contributed by atoms with Crippen LogP contribution < -0.4 is 5.73 Å². The van der Waals surface area contributed by atoms with Crippen LogP contribution in [0.2, 0.25) is 0 Å². The van der Waals surface area contributed by atoms with Gasteiger partial charge in [0.2, 0.25) is 0 Å². The molecule has 0 radical (unpaired) electrons. The zero-order valence-electron chi connectivity index (χ0n) is 13.1. The van der Waals surface area contributed by atoms with Crippen LogP contribution in [-0.2, 0) is 0 Å². The summed E-state index contributed by atoms with van der Waals surface area (Å²) in [4.78, 5) is 8.74. The molecule has 1 aromatic rings. The Kier molecular flexibility index (Phi) is 4.95. The van der Waals surface area contributed by atoms with Crippen molar-refractivity contribution in [1.82, 2.24) is 20.0 Å². The summed E-state index contributed by atoms with van der Waals surface area (Å²) in [5, 5.41) is 15.0. The number of nitrogens with one attached hydrogen (secondary N) is 2. The summed E-state index contributed by atoms with van der Waals surface area (Å²) in [7, 11) is 0. The van der Waals surface area contributed by atoms with Gasteiger partial charge in [-0.3, -0.25) is 15.4 Å². The first kappa shape index (κ1) is 15.5. The molecular weight excluding hydrogens is 266 g/mol. The molecule has 2 heterocycles. The number of piperazine rings is 1. The van der Waals surface area contributed by atoms with Crippen molar-refractivity contribution in [3.8, 4) is 0 Å². The van der Waals surface area contributed by atoms with E-state index in [0.717, 1.165) is 31.9 Å². The van der Waals surface area contributed by atoms with Crippen molar-refractivity contribution >= 4 is 17.5 Å². The highest BCUT2D eigenvalue weighted by Crippen LogP contribution is 2.10. The minimum absolute atomic E-state index is 0.369. The number of nitrogens with two attached hydrogens (primary N) is 1. The summed E-state index contributed by atoms with van der Waals surface area (Å²) >= 11 is 0. The third-order valence-corrected chi connectivity index (χ3v) is 3.73. The van der Waals surface area contributed by atoms with E-state index in [9.17, 15) is 0 Å². The summed E-state index contributed by atoms with van der Waals surface area (Å²) in [6, 6.07) is 2.40. The highest BCUT2D eigenvalue weighted by Gasteiger charge is 2.20. The van der Waals surface area contributed by atoms with Crippen molar-refractivity contribution < 1.29 is 0 Å². The van der Waals surface area contributed by atoms with Gasteiger partial charge in [0.1, 0.15) is 11.7 Å². The second kappa shape index (κ2) is 6.71. The number of H-pyrrole nitrogens is 1. The lowest BCUT2D eigenvalue weighted by molar-refractivity contribution is 0.147. The van der Waals surface area contributed by atoms with Gasteiger partial charge in [0.15, 0.2) is 5.82 Å². The summed E-state index contributed by atoms with van der Waals surface area (Å²) in [6.45, 7) is 10.1. The van der Waals surface area contributed by atoms with Crippen molar-refractivity contribution in [2.24, 2.45) is 10.7 Å². The molecule has 2 rings (SSSR count). The smallest absolute Gasteiger partial charge is 0.175 e.